The lowest BCUT2D eigenvalue weighted by molar-refractivity contribution is 0.157. The SMILES string of the molecule is COCC(NS(=O)(=O)c1cc(CN)c(C)cc1C)C(C)C. The van der Waals surface area contributed by atoms with Gasteiger partial charge in [-0.2, -0.15) is 0 Å². The smallest absolute Gasteiger partial charge is 0.241 e. The third kappa shape index (κ3) is 4.51. The topological polar surface area (TPSA) is 81.4 Å². The lowest BCUT2D eigenvalue weighted by Crippen LogP contribution is -2.41. The minimum atomic E-state index is -3.59. The van der Waals surface area contributed by atoms with Gasteiger partial charge in [0.15, 0.2) is 0 Å². The van der Waals surface area contributed by atoms with E-state index in [4.69, 9.17) is 10.5 Å². The molecule has 0 aliphatic carbocycles. The minimum absolute atomic E-state index is 0.138. The maximum Gasteiger partial charge on any atom is 0.241 e. The van der Waals surface area contributed by atoms with Crippen LogP contribution < -0.4 is 10.5 Å². The van der Waals surface area contributed by atoms with Gasteiger partial charge in [0.1, 0.15) is 0 Å². The van der Waals surface area contributed by atoms with E-state index in [9.17, 15) is 8.42 Å². The van der Waals surface area contributed by atoms with Crippen LogP contribution in [0.15, 0.2) is 17.0 Å². The number of sulfonamides is 1. The highest BCUT2D eigenvalue weighted by Gasteiger charge is 2.24. The molecule has 6 heteroatoms. The maximum absolute atomic E-state index is 12.6. The second-order valence-corrected chi connectivity index (χ2v) is 7.36. The van der Waals surface area contributed by atoms with Gasteiger partial charge in [0.05, 0.1) is 11.5 Å². The molecule has 3 N–H and O–H groups in total. The molecule has 0 spiro atoms. The summed E-state index contributed by atoms with van der Waals surface area (Å²) in [4.78, 5) is 0.287. The monoisotopic (exact) mass is 314 g/mol. The van der Waals surface area contributed by atoms with E-state index in [1.807, 2.05) is 26.8 Å². The third-order valence-electron chi connectivity index (χ3n) is 3.60. The van der Waals surface area contributed by atoms with Gasteiger partial charge in [0.25, 0.3) is 0 Å². The van der Waals surface area contributed by atoms with E-state index in [0.29, 0.717) is 13.2 Å². The molecule has 0 aromatic heterocycles. The Balaban J connectivity index is 3.18. The number of ether oxygens (including phenoxy) is 1. The Hall–Kier alpha value is -0.950. The van der Waals surface area contributed by atoms with Gasteiger partial charge in [-0.15, -0.1) is 0 Å². The van der Waals surface area contributed by atoms with Crippen LogP contribution in [-0.2, 0) is 21.3 Å². The Morgan fingerprint density at radius 3 is 2.33 bits per heavy atom. The summed E-state index contributed by atoms with van der Waals surface area (Å²) in [5.74, 6) is 0.138. The van der Waals surface area contributed by atoms with Crippen LogP contribution in [0.5, 0.6) is 0 Å². The Morgan fingerprint density at radius 1 is 1.24 bits per heavy atom. The van der Waals surface area contributed by atoms with E-state index in [0.717, 1.165) is 16.7 Å². The molecular weight excluding hydrogens is 288 g/mol. The molecule has 0 amide bonds. The number of methoxy groups -OCH3 is 1. The van der Waals surface area contributed by atoms with Gasteiger partial charge in [-0.25, -0.2) is 13.1 Å². The highest BCUT2D eigenvalue weighted by Crippen LogP contribution is 2.21. The van der Waals surface area contributed by atoms with Crippen LogP contribution in [0, 0.1) is 19.8 Å². The van der Waals surface area contributed by atoms with E-state index >= 15 is 0 Å². The van der Waals surface area contributed by atoms with Crippen LogP contribution in [0.25, 0.3) is 0 Å². The van der Waals surface area contributed by atoms with Crippen LogP contribution in [0.3, 0.4) is 0 Å². The summed E-state index contributed by atoms with van der Waals surface area (Å²) in [7, 11) is -2.03. The highest BCUT2D eigenvalue weighted by atomic mass is 32.2. The average Bonchev–Trinajstić information content (AvgIpc) is 2.37. The number of nitrogens with two attached hydrogens (primary N) is 1. The Labute approximate surface area is 127 Å². The fourth-order valence-electron chi connectivity index (χ4n) is 2.19. The van der Waals surface area contributed by atoms with E-state index in [1.54, 1.807) is 20.1 Å². The van der Waals surface area contributed by atoms with E-state index < -0.39 is 10.0 Å². The second-order valence-electron chi connectivity index (χ2n) is 5.68. The van der Waals surface area contributed by atoms with Crippen molar-refractivity contribution < 1.29 is 13.2 Å². The number of aryl methyl sites for hydroxylation is 2. The summed E-state index contributed by atoms with van der Waals surface area (Å²) < 4.78 is 33.1. The van der Waals surface area contributed by atoms with Gasteiger partial charge in [0.2, 0.25) is 10.0 Å². The second kappa shape index (κ2) is 7.35. The molecule has 1 atom stereocenters. The number of rotatable bonds is 7. The summed E-state index contributed by atoms with van der Waals surface area (Å²) in [5, 5.41) is 0. The van der Waals surface area contributed by atoms with Crippen LogP contribution in [0.4, 0.5) is 0 Å². The Morgan fingerprint density at radius 2 is 1.86 bits per heavy atom. The first-order chi connectivity index (χ1) is 9.72. The lowest BCUT2D eigenvalue weighted by atomic mass is 10.1. The molecule has 0 aliphatic heterocycles. The quantitative estimate of drug-likeness (QED) is 0.803. The number of benzene rings is 1. The number of hydrogen-bond donors (Lipinski definition) is 2. The predicted octanol–water partition coefficient (Wildman–Crippen LogP) is 1.71. The first kappa shape index (κ1) is 18.1. The number of nitrogens with one attached hydrogen (secondary N) is 1. The van der Waals surface area contributed by atoms with Crippen molar-refractivity contribution in [3.8, 4) is 0 Å². The highest BCUT2D eigenvalue weighted by molar-refractivity contribution is 7.89. The average molecular weight is 314 g/mol. The van der Waals surface area contributed by atoms with Gasteiger partial charge in [-0.1, -0.05) is 19.9 Å². The fraction of sp³-hybridized carbons (Fsp3) is 0.600. The van der Waals surface area contributed by atoms with Crippen molar-refractivity contribution in [2.24, 2.45) is 11.7 Å². The standard InChI is InChI=1S/C15H26N2O3S/c1-10(2)14(9-20-5)17-21(18,19)15-7-13(8-16)11(3)6-12(15)4/h6-7,10,14,17H,8-9,16H2,1-5H3. The molecule has 0 bridgehead atoms. The molecule has 1 unspecified atom stereocenters. The first-order valence-electron chi connectivity index (χ1n) is 7.04. The molecule has 5 nitrogen and oxygen atoms in total. The fourth-order valence-corrected chi connectivity index (χ4v) is 3.83. The third-order valence-corrected chi connectivity index (χ3v) is 5.23. The van der Waals surface area contributed by atoms with Crippen molar-refractivity contribution in [3.05, 3.63) is 28.8 Å². The summed E-state index contributed by atoms with van der Waals surface area (Å²) >= 11 is 0. The first-order valence-corrected chi connectivity index (χ1v) is 8.52. The van der Waals surface area contributed by atoms with Gasteiger partial charge in [0, 0.05) is 19.7 Å². The minimum Gasteiger partial charge on any atom is -0.383 e. The molecule has 120 valence electrons. The van der Waals surface area contributed by atoms with Crippen LogP contribution in [-0.4, -0.2) is 28.2 Å². The largest absolute Gasteiger partial charge is 0.383 e. The molecule has 0 saturated carbocycles. The van der Waals surface area contributed by atoms with Gasteiger partial charge >= 0.3 is 0 Å². The molecule has 1 aromatic rings. The molecule has 21 heavy (non-hydrogen) atoms. The van der Waals surface area contributed by atoms with Gasteiger partial charge < -0.3 is 10.5 Å². The van der Waals surface area contributed by atoms with Crippen molar-refractivity contribution in [1.29, 1.82) is 0 Å². The van der Waals surface area contributed by atoms with Crippen molar-refractivity contribution in [2.45, 2.75) is 45.2 Å². The summed E-state index contributed by atoms with van der Waals surface area (Å²) in [6, 6.07) is 3.26. The molecule has 0 fully saturated rings. The van der Waals surface area contributed by atoms with Crippen LogP contribution in [0.2, 0.25) is 0 Å². The zero-order chi connectivity index (χ0) is 16.2. The van der Waals surface area contributed by atoms with E-state index in [-0.39, 0.29) is 16.9 Å². The van der Waals surface area contributed by atoms with Gasteiger partial charge in [-0.3, -0.25) is 0 Å². The van der Waals surface area contributed by atoms with Gasteiger partial charge in [-0.05, 0) is 42.5 Å². The number of hydrogen-bond acceptors (Lipinski definition) is 4. The maximum atomic E-state index is 12.6. The van der Waals surface area contributed by atoms with Crippen LogP contribution in [0.1, 0.15) is 30.5 Å². The molecule has 0 heterocycles. The molecular formula is C15H26N2O3S. The van der Waals surface area contributed by atoms with Crippen molar-refractivity contribution in [3.63, 3.8) is 0 Å². The molecule has 0 radical (unpaired) electrons. The van der Waals surface area contributed by atoms with E-state index in [2.05, 4.69) is 4.72 Å². The summed E-state index contributed by atoms with van der Waals surface area (Å²) in [5.41, 5.74) is 8.24. The van der Waals surface area contributed by atoms with Crippen molar-refractivity contribution in [2.75, 3.05) is 13.7 Å². The predicted molar refractivity (Wildman–Crippen MR) is 84.6 cm³/mol. The summed E-state index contributed by atoms with van der Waals surface area (Å²) in [6.45, 7) is 8.30. The molecule has 1 aromatic carbocycles. The zero-order valence-corrected chi connectivity index (χ0v) is 14.3. The van der Waals surface area contributed by atoms with Crippen LogP contribution >= 0.6 is 0 Å². The Kier molecular flexibility index (Phi) is 6.34. The molecule has 1 rings (SSSR count). The molecule has 0 aliphatic rings. The van der Waals surface area contributed by atoms with Crippen molar-refractivity contribution >= 4 is 10.0 Å². The Bertz CT molecular complexity index is 583. The van der Waals surface area contributed by atoms with E-state index in [1.165, 1.54) is 0 Å². The zero-order valence-electron chi connectivity index (χ0n) is 13.4. The van der Waals surface area contributed by atoms with Crippen molar-refractivity contribution in [1.82, 2.24) is 4.72 Å². The molecule has 0 saturated heterocycles. The summed E-state index contributed by atoms with van der Waals surface area (Å²) in [6.07, 6.45) is 0. The lowest BCUT2D eigenvalue weighted by Gasteiger charge is -2.22. The normalized spacial score (nSPS) is 13.7.